The van der Waals surface area contributed by atoms with Crippen LogP contribution in [-0.2, 0) is 5.41 Å². The van der Waals surface area contributed by atoms with E-state index in [4.69, 9.17) is 0 Å². The highest BCUT2D eigenvalue weighted by atomic mass is 16.1. The number of aromatic nitrogens is 2. The number of hydrogen-bond acceptors (Lipinski definition) is 2. The molecular formula is C28H25N3O. The molecule has 0 unspecified atom stereocenters. The van der Waals surface area contributed by atoms with Crippen molar-refractivity contribution in [1.82, 2.24) is 9.97 Å². The van der Waals surface area contributed by atoms with E-state index in [1.54, 1.807) is 0 Å². The third-order valence-corrected chi connectivity index (χ3v) is 5.86. The maximum Gasteiger partial charge on any atom is 0.255 e. The number of carbonyl (C=O) groups is 1. The van der Waals surface area contributed by atoms with Gasteiger partial charge < -0.3 is 10.3 Å². The van der Waals surface area contributed by atoms with E-state index in [1.165, 1.54) is 10.9 Å². The largest absolute Gasteiger partial charge is 0.353 e. The average Bonchev–Trinajstić information content (AvgIpc) is 3.18. The average molecular weight is 420 g/mol. The number of aromatic amines is 1. The molecule has 0 spiro atoms. The van der Waals surface area contributed by atoms with Crippen LogP contribution in [0.5, 0.6) is 0 Å². The van der Waals surface area contributed by atoms with E-state index in [0.29, 0.717) is 5.56 Å². The van der Waals surface area contributed by atoms with Gasteiger partial charge in [-0.3, -0.25) is 9.78 Å². The molecule has 2 heterocycles. The maximum absolute atomic E-state index is 12.7. The van der Waals surface area contributed by atoms with Gasteiger partial charge in [0.1, 0.15) is 0 Å². The van der Waals surface area contributed by atoms with Crippen molar-refractivity contribution in [2.24, 2.45) is 0 Å². The quantitative estimate of drug-likeness (QED) is 0.333. The molecule has 4 heteroatoms. The van der Waals surface area contributed by atoms with Gasteiger partial charge >= 0.3 is 0 Å². The molecule has 0 fully saturated rings. The number of H-pyrrole nitrogens is 1. The molecule has 1 amide bonds. The number of pyridine rings is 1. The van der Waals surface area contributed by atoms with Gasteiger partial charge in [-0.2, -0.15) is 0 Å². The third-order valence-electron chi connectivity index (χ3n) is 5.86. The highest BCUT2D eigenvalue weighted by Crippen LogP contribution is 2.32. The molecule has 0 saturated heterocycles. The maximum atomic E-state index is 12.7. The lowest BCUT2D eigenvalue weighted by Crippen LogP contribution is -2.14. The second-order valence-electron chi connectivity index (χ2n) is 9.11. The topological polar surface area (TPSA) is 57.8 Å². The summed E-state index contributed by atoms with van der Waals surface area (Å²) in [6.07, 6.45) is 1.84. The number of amides is 1. The fourth-order valence-corrected chi connectivity index (χ4v) is 4.03. The van der Waals surface area contributed by atoms with Crippen molar-refractivity contribution < 1.29 is 4.79 Å². The Morgan fingerprint density at radius 2 is 1.56 bits per heavy atom. The Kier molecular flexibility index (Phi) is 4.78. The van der Waals surface area contributed by atoms with E-state index < -0.39 is 0 Å². The van der Waals surface area contributed by atoms with Gasteiger partial charge in [0.15, 0.2) is 0 Å². The van der Waals surface area contributed by atoms with Gasteiger partial charge in [-0.05, 0) is 47.4 Å². The van der Waals surface area contributed by atoms with Crippen LogP contribution in [0.25, 0.3) is 33.1 Å². The summed E-state index contributed by atoms with van der Waals surface area (Å²) in [5.41, 5.74) is 6.67. The number of anilines is 1. The van der Waals surface area contributed by atoms with Gasteiger partial charge in [0.2, 0.25) is 0 Å². The van der Waals surface area contributed by atoms with Crippen LogP contribution in [0.1, 0.15) is 36.7 Å². The summed E-state index contributed by atoms with van der Waals surface area (Å²) < 4.78 is 0. The van der Waals surface area contributed by atoms with Gasteiger partial charge in [-0.15, -0.1) is 0 Å². The molecule has 2 aromatic heterocycles. The van der Waals surface area contributed by atoms with Crippen molar-refractivity contribution in [3.63, 3.8) is 0 Å². The molecule has 5 rings (SSSR count). The smallest absolute Gasteiger partial charge is 0.255 e. The highest BCUT2D eigenvalue weighted by Gasteiger charge is 2.15. The minimum absolute atomic E-state index is 0.0622. The number of rotatable bonds is 3. The molecule has 2 N–H and O–H groups in total. The predicted molar refractivity (Wildman–Crippen MR) is 132 cm³/mol. The molecule has 4 nitrogen and oxygen atoms in total. The molecule has 0 bridgehead atoms. The van der Waals surface area contributed by atoms with E-state index >= 15 is 0 Å². The monoisotopic (exact) mass is 419 g/mol. The van der Waals surface area contributed by atoms with Gasteiger partial charge in [-0.1, -0.05) is 63.2 Å². The fourth-order valence-electron chi connectivity index (χ4n) is 4.03. The minimum atomic E-state index is -0.117. The Hall–Kier alpha value is -3.92. The molecule has 0 aliphatic heterocycles. The van der Waals surface area contributed by atoms with Crippen molar-refractivity contribution in [2.75, 3.05) is 5.32 Å². The van der Waals surface area contributed by atoms with Gasteiger partial charge in [0.05, 0.1) is 11.2 Å². The molecule has 0 radical (unpaired) electrons. The predicted octanol–water partition coefficient (Wildman–Crippen LogP) is 6.93. The summed E-state index contributed by atoms with van der Waals surface area (Å²) >= 11 is 0. The summed E-state index contributed by atoms with van der Waals surface area (Å²) in [6, 6.07) is 25.9. The van der Waals surface area contributed by atoms with Crippen LogP contribution in [0.4, 0.5) is 5.69 Å². The molecule has 5 aromatic rings. The Balaban J connectivity index is 1.39. The van der Waals surface area contributed by atoms with E-state index in [1.807, 2.05) is 72.9 Å². The highest BCUT2D eigenvalue weighted by molar-refractivity contribution is 6.11. The third kappa shape index (κ3) is 3.65. The number of nitrogens with zero attached hydrogens (tertiary/aromatic N) is 1. The summed E-state index contributed by atoms with van der Waals surface area (Å²) in [7, 11) is 0. The van der Waals surface area contributed by atoms with E-state index in [0.717, 1.165) is 33.4 Å². The second-order valence-corrected chi connectivity index (χ2v) is 9.11. The lowest BCUT2D eigenvalue weighted by atomic mass is 9.87. The van der Waals surface area contributed by atoms with Crippen LogP contribution < -0.4 is 5.32 Å². The molecular weight excluding hydrogens is 394 g/mol. The van der Waals surface area contributed by atoms with Gasteiger partial charge in [0.25, 0.3) is 5.91 Å². The first-order valence-corrected chi connectivity index (χ1v) is 10.8. The van der Waals surface area contributed by atoms with Crippen molar-refractivity contribution >= 4 is 33.4 Å². The number of fused-ring (bicyclic) bond motifs is 3. The van der Waals surface area contributed by atoms with Crippen LogP contribution in [-0.4, -0.2) is 15.9 Å². The SMILES string of the molecule is CC(C)(C)c1ccc(C(=O)Nc2ccc(-c3nccc4c3[nH]c3ccccc34)cc2)cc1. The van der Waals surface area contributed by atoms with Crippen molar-refractivity contribution in [2.45, 2.75) is 26.2 Å². The van der Waals surface area contributed by atoms with Crippen molar-refractivity contribution in [3.8, 4) is 11.3 Å². The normalized spacial score (nSPS) is 11.7. The Morgan fingerprint density at radius 3 is 2.28 bits per heavy atom. The summed E-state index contributed by atoms with van der Waals surface area (Å²) in [5, 5.41) is 5.33. The van der Waals surface area contributed by atoms with E-state index in [9.17, 15) is 4.79 Å². The zero-order valence-electron chi connectivity index (χ0n) is 18.4. The molecule has 32 heavy (non-hydrogen) atoms. The number of para-hydroxylation sites is 1. The van der Waals surface area contributed by atoms with Crippen LogP contribution in [0.2, 0.25) is 0 Å². The Bertz CT molecular complexity index is 1420. The second kappa shape index (κ2) is 7.65. The fraction of sp³-hybridized carbons (Fsp3) is 0.143. The lowest BCUT2D eigenvalue weighted by Gasteiger charge is -2.19. The molecule has 158 valence electrons. The van der Waals surface area contributed by atoms with E-state index in [2.05, 4.69) is 48.2 Å². The number of hydrogen-bond donors (Lipinski definition) is 2. The first-order valence-electron chi connectivity index (χ1n) is 10.8. The lowest BCUT2D eigenvalue weighted by molar-refractivity contribution is 0.102. The van der Waals surface area contributed by atoms with Crippen molar-refractivity contribution in [3.05, 3.63) is 96.2 Å². The minimum Gasteiger partial charge on any atom is -0.353 e. The number of nitrogens with one attached hydrogen (secondary N) is 2. The first-order chi connectivity index (χ1) is 15.4. The number of benzene rings is 3. The summed E-state index contributed by atoms with van der Waals surface area (Å²) in [5.74, 6) is -0.117. The first kappa shape index (κ1) is 20.0. The standard InChI is InChI=1S/C28H25N3O/c1-28(2,3)20-12-8-19(9-13-20)27(32)30-21-14-10-18(11-15-21)25-26-23(16-17-29-25)22-6-4-5-7-24(22)31-26/h4-17,31H,1-3H3,(H,30,32). The molecule has 0 aliphatic rings. The zero-order chi connectivity index (χ0) is 22.3. The molecule has 3 aromatic carbocycles. The number of carbonyl (C=O) groups excluding carboxylic acids is 1. The Labute approximate surface area is 187 Å². The van der Waals surface area contributed by atoms with Crippen LogP contribution in [0, 0.1) is 0 Å². The molecule has 0 saturated carbocycles. The van der Waals surface area contributed by atoms with Gasteiger partial charge in [-0.25, -0.2) is 0 Å². The van der Waals surface area contributed by atoms with Gasteiger partial charge in [0, 0.05) is 39.3 Å². The van der Waals surface area contributed by atoms with Crippen molar-refractivity contribution in [1.29, 1.82) is 0 Å². The zero-order valence-corrected chi connectivity index (χ0v) is 18.4. The molecule has 0 atom stereocenters. The van der Waals surface area contributed by atoms with Crippen LogP contribution >= 0.6 is 0 Å². The Morgan fingerprint density at radius 1 is 0.844 bits per heavy atom. The van der Waals surface area contributed by atoms with Crippen LogP contribution in [0.15, 0.2) is 85.1 Å². The van der Waals surface area contributed by atoms with E-state index in [-0.39, 0.29) is 11.3 Å². The van der Waals surface area contributed by atoms with Crippen LogP contribution in [0.3, 0.4) is 0 Å². The molecule has 0 aliphatic carbocycles. The summed E-state index contributed by atoms with van der Waals surface area (Å²) in [4.78, 5) is 20.8. The summed E-state index contributed by atoms with van der Waals surface area (Å²) in [6.45, 7) is 6.48.